The number of hydrogen-bond donors (Lipinski definition) is 1. The van der Waals surface area contributed by atoms with Crippen molar-refractivity contribution in [3.63, 3.8) is 0 Å². The molecular formula is C21H26N2O5S2. The van der Waals surface area contributed by atoms with Gasteiger partial charge in [-0.05, 0) is 48.6 Å². The number of amides is 1. The Morgan fingerprint density at radius 2 is 1.80 bits per heavy atom. The number of nitrogens with one attached hydrogen (secondary N) is 1. The minimum Gasteiger partial charge on any atom is -0.312 e. The summed E-state index contributed by atoms with van der Waals surface area (Å²) in [4.78, 5) is 13.5. The van der Waals surface area contributed by atoms with E-state index in [4.69, 9.17) is 0 Å². The van der Waals surface area contributed by atoms with E-state index in [9.17, 15) is 21.6 Å². The van der Waals surface area contributed by atoms with Crippen LogP contribution in [0.15, 0.2) is 53.4 Å². The number of aryl methyl sites for hydroxylation is 1. The van der Waals surface area contributed by atoms with E-state index >= 15 is 0 Å². The van der Waals surface area contributed by atoms with Crippen LogP contribution in [0.1, 0.15) is 30.9 Å². The average molecular weight is 451 g/mol. The molecule has 0 spiro atoms. The topological polar surface area (TPSA) is 101 Å². The largest absolute Gasteiger partial charge is 0.312 e. The molecule has 1 amide bonds. The average Bonchev–Trinajstić information content (AvgIpc) is 2.70. The summed E-state index contributed by atoms with van der Waals surface area (Å²) in [6.07, 6.45) is 1.68. The summed E-state index contributed by atoms with van der Waals surface area (Å²) in [6.45, 7) is 2.16. The van der Waals surface area contributed by atoms with Crippen molar-refractivity contribution in [3.05, 3.63) is 59.7 Å². The number of nitrogens with zero attached hydrogens (tertiary/aromatic N) is 1. The SMILES string of the molecule is CC(=O)N1CCCc2cc(S(=O)(=O)NCCCS(=O)(=O)Cc3ccccc3)ccc21. The standard InChI is InChI=1S/C21H26N2O5S2/c1-17(24)23-13-5-9-19-15-20(10-11-21(19)23)30(27,28)22-12-6-14-29(25,26)16-18-7-3-2-4-8-18/h2-4,7-8,10-11,15,22H,5-6,9,12-14,16H2,1H3. The highest BCUT2D eigenvalue weighted by molar-refractivity contribution is 7.90. The molecular weight excluding hydrogens is 424 g/mol. The first-order chi connectivity index (χ1) is 14.2. The molecule has 2 aromatic rings. The van der Waals surface area contributed by atoms with Gasteiger partial charge >= 0.3 is 0 Å². The molecule has 1 heterocycles. The quantitative estimate of drug-likeness (QED) is 0.622. The van der Waals surface area contributed by atoms with Crippen LogP contribution in [0.4, 0.5) is 5.69 Å². The lowest BCUT2D eigenvalue weighted by Gasteiger charge is -2.28. The summed E-state index contributed by atoms with van der Waals surface area (Å²) in [5.74, 6) is -0.221. The maximum Gasteiger partial charge on any atom is 0.240 e. The van der Waals surface area contributed by atoms with Crippen LogP contribution in [0.5, 0.6) is 0 Å². The van der Waals surface area contributed by atoms with Crippen LogP contribution >= 0.6 is 0 Å². The van der Waals surface area contributed by atoms with Gasteiger partial charge < -0.3 is 4.90 Å². The fourth-order valence-corrected chi connectivity index (χ4v) is 6.10. The van der Waals surface area contributed by atoms with Crippen LogP contribution in [0.2, 0.25) is 0 Å². The van der Waals surface area contributed by atoms with Gasteiger partial charge in [0.05, 0.1) is 16.4 Å². The number of sulfonamides is 1. The Bertz CT molecular complexity index is 1110. The van der Waals surface area contributed by atoms with Gasteiger partial charge in [-0.25, -0.2) is 21.6 Å². The summed E-state index contributed by atoms with van der Waals surface area (Å²) in [7, 11) is -7.07. The summed E-state index contributed by atoms with van der Waals surface area (Å²) >= 11 is 0. The second kappa shape index (κ2) is 9.28. The second-order valence-electron chi connectivity index (χ2n) is 7.39. The molecule has 0 unspecified atom stereocenters. The van der Waals surface area contributed by atoms with Crippen LogP contribution in [-0.2, 0) is 36.8 Å². The molecule has 3 rings (SSSR count). The van der Waals surface area contributed by atoms with E-state index in [1.54, 1.807) is 41.3 Å². The number of anilines is 1. The third kappa shape index (κ3) is 5.68. The molecule has 0 radical (unpaired) electrons. The highest BCUT2D eigenvalue weighted by Gasteiger charge is 2.23. The molecule has 0 atom stereocenters. The monoisotopic (exact) mass is 450 g/mol. The van der Waals surface area contributed by atoms with Crippen molar-refractivity contribution in [1.29, 1.82) is 0 Å². The van der Waals surface area contributed by atoms with Crippen LogP contribution in [0.25, 0.3) is 0 Å². The fourth-order valence-electron chi connectivity index (χ4n) is 3.55. The van der Waals surface area contributed by atoms with E-state index < -0.39 is 19.9 Å². The molecule has 9 heteroatoms. The van der Waals surface area contributed by atoms with Crippen molar-refractivity contribution < 1.29 is 21.6 Å². The number of benzene rings is 2. The van der Waals surface area contributed by atoms with E-state index in [0.717, 1.165) is 17.7 Å². The van der Waals surface area contributed by atoms with Gasteiger partial charge in [0.15, 0.2) is 9.84 Å². The normalized spacial score (nSPS) is 14.4. The smallest absolute Gasteiger partial charge is 0.240 e. The first kappa shape index (κ1) is 22.5. The summed E-state index contributed by atoms with van der Waals surface area (Å²) in [5.41, 5.74) is 2.29. The molecule has 0 saturated carbocycles. The zero-order chi connectivity index (χ0) is 21.8. The van der Waals surface area contributed by atoms with Crippen molar-refractivity contribution in [2.75, 3.05) is 23.7 Å². The predicted octanol–water partition coefficient (Wildman–Crippen LogP) is 2.27. The Morgan fingerprint density at radius 1 is 1.07 bits per heavy atom. The number of fused-ring (bicyclic) bond motifs is 1. The van der Waals surface area contributed by atoms with Crippen molar-refractivity contribution in [3.8, 4) is 0 Å². The molecule has 1 aliphatic heterocycles. The molecule has 162 valence electrons. The van der Waals surface area contributed by atoms with Crippen molar-refractivity contribution in [1.82, 2.24) is 4.72 Å². The van der Waals surface area contributed by atoms with E-state index in [1.165, 1.54) is 13.0 Å². The van der Waals surface area contributed by atoms with E-state index in [2.05, 4.69) is 4.72 Å². The first-order valence-electron chi connectivity index (χ1n) is 9.83. The highest BCUT2D eigenvalue weighted by atomic mass is 32.2. The summed E-state index contributed by atoms with van der Waals surface area (Å²) < 4.78 is 52.2. The van der Waals surface area contributed by atoms with Gasteiger partial charge in [-0.15, -0.1) is 0 Å². The molecule has 0 bridgehead atoms. The predicted molar refractivity (Wildman–Crippen MR) is 117 cm³/mol. The minimum absolute atomic E-state index is 0.0347. The number of carbonyl (C=O) groups excluding carboxylic acids is 1. The Hall–Kier alpha value is -2.23. The Morgan fingerprint density at radius 3 is 2.50 bits per heavy atom. The molecule has 7 nitrogen and oxygen atoms in total. The van der Waals surface area contributed by atoms with Gasteiger partial charge in [-0.2, -0.15) is 0 Å². The van der Waals surface area contributed by atoms with Crippen molar-refractivity contribution in [2.45, 2.75) is 36.8 Å². The zero-order valence-electron chi connectivity index (χ0n) is 16.9. The zero-order valence-corrected chi connectivity index (χ0v) is 18.5. The molecule has 0 aromatic heterocycles. The number of rotatable bonds is 8. The number of carbonyl (C=O) groups is 1. The molecule has 0 saturated heterocycles. The van der Waals surface area contributed by atoms with Crippen molar-refractivity contribution in [2.24, 2.45) is 0 Å². The number of sulfone groups is 1. The lowest BCUT2D eigenvalue weighted by molar-refractivity contribution is -0.116. The molecule has 1 aliphatic rings. The van der Waals surface area contributed by atoms with Gasteiger partial charge in [0.1, 0.15) is 0 Å². The van der Waals surface area contributed by atoms with Gasteiger partial charge in [0.25, 0.3) is 0 Å². The Balaban J connectivity index is 1.59. The second-order valence-corrected chi connectivity index (χ2v) is 11.3. The minimum atomic E-state index is -3.76. The maximum atomic E-state index is 12.6. The fraction of sp³-hybridized carbons (Fsp3) is 0.381. The van der Waals surface area contributed by atoms with Gasteiger partial charge in [-0.3, -0.25) is 4.79 Å². The van der Waals surface area contributed by atoms with Crippen molar-refractivity contribution >= 4 is 31.5 Å². The Labute approximate surface area is 178 Å². The van der Waals surface area contributed by atoms with Crippen LogP contribution in [0, 0.1) is 0 Å². The molecule has 0 aliphatic carbocycles. The first-order valence-corrected chi connectivity index (χ1v) is 13.1. The lowest BCUT2D eigenvalue weighted by atomic mass is 10.0. The van der Waals surface area contributed by atoms with E-state index in [0.29, 0.717) is 18.5 Å². The molecule has 2 aromatic carbocycles. The molecule has 0 fully saturated rings. The number of hydrogen-bond acceptors (Lipinski definition) is 5. The summed E-state index contributed by atoms with van der Waals surface area (Å²) in [6, 6.07) is 13.6. The van der Waals surface area contributed by atoms with Gasteiger partial charge in [0, 0.05) is 25.7 Å². The van der Waals surface area contributed by atoms with E-state index in [1.807, 2.05) is 6.07 Å². The molecule has 1 N–H and O–H groups in total. The third-order valence-electron chi connectivity index (χ3n) is 5.01. The van der Waals surface area contributed by atoms with Crippen LogP contribution in [-0.4, -0.2) is 41.6 Å². The maximum absolute atomic E-state index is 12.6. The van der Waals surface area contributed by atoms with Crippen LogP contribution in [0.3, 0.4) is 0 Å². The molecule has 30 heavy (non-hydrogen) atoms. The van der Waals surface area contributed by atoms with Gasteiger partial charge in [0.2, 0.25) is 15.9 Å². The van der Waals surface area contributed by atoms with Gasteiger partial charge in [-0.1, -0.05) is 30.3 Å². The van der Waals surface area contributed by atoms with E-state index in [-0.39, 0.29) is 35.3 Å². The third-order valence-corrected chi connectivity index (χ3v) is 8.16. The summed E-state index contributed by atoms with van der Waals surface area (Å²) in [5, 5.41) is 0. The Kier molecular flexibility index (Phi) is 6.95. The lowest BCUT2D eigenvalue weighted by Crippen LogP contribution is -2.33. The highest BCUT2D eigenvalue weighted by Crippen LogP contribution is 2.29. The van der Waals surface area contributed by atoms with Crippen LogP contribution < -0.4 is 9.62 Å².